The first kappa shape index (κ1) is 21.2. The highest BCUT2D eigenvalue weighted by Gasteiger charge is 2.38. The molecular formula is C24H29N3O4. The largest absolute Gasteiger partial charge is 0.497 e. The fourth-order valence-corrected chi connectivity index (χ4v) is 4.38. The third kappa shape index (κ3) is 4.66. The van der Waals surface area contributed by atoms with Crippen molar-refractivity contribution in [3.8, 4) is 5.75 Å². The van der Waals surface area contributed by atoms with Crippen molar-refractivity contribution in [1.82, 2.24) is 4.90 Å². The number of carbonyl (C=O) groups excluding carboxylic acids is 2. The van der Waals surface area contributed by atoms with Gasteiger partial charge in [-0.25, -0.2) is 0 Å². The Labute approximate surface area is 182 Å². The molecule has 2 aliphatic rings. The van der Waals surface area contributed by atoms with E-state index in [-0.39, 0.29) is 23.8 Å². The molecule has 0 saturated carbocycles. The summed E-state index contributed by atoms with van der Waals surface area (Å²) in [6.07, 6.45) is 0.898. The highest BCUT2D eigenvalue weighted by molar-refractivity contribution is 5.94. The molecule has 164 valence electrons. The van der Waals surface area contributed by atoms with Gasteiger partial charge in [0, 0.05) is 37.9 Å². The van der Waals surface area contributed by atoms with Crippen molar-refractivity contribution in [1.29, 1.82) is 0 Å². The molecule has 31 heavy (non-hydrogen) atoms. The van der Waals surface area contributed by atoms with Crippen molar-refractivity contribution in [2.24, 2.45) is 5.92 Å². The van der Waals surface area contributed by atoms with E-state index in [1.54, 1.807) is 19.1 Å². The lowest BCUT2D eigenvalue weighted by Crippen LogP contribution is -2.44. The number of likely N-dealkylation sites (tertiary alicyclic amines) is 1. The van der Waals surface area contributed by atoms with Gasteiger partial charge in [0.15, 0.2) is 0 Å². The van der Waals surface area contributed by atoms with Crippen LogP contribution in [0.25, 0.3) is 0 Å². The number of rotatable bonds is 5. The standard InChI is InChI=1S/C24H29N3O4/c1-26-22(28)12-11-21(23(26)17-3-9-20(30-2)10-4-17)24(29)25-18-5-7-19(8-6-18)27-13-15-31-16-14-27/h3-10,21,23H,11-16H2,1-2H3,(H,25,29)/t21-,23+/m1/s1. The van der Waals surface area contributed by atoms with E-state index < -0.39 is 0 Å². The third-order valence-electron chi connectivity index (χ3n) is 6.17. The van der Waals surface area contributed by atoms with E-state index in [0.717, 1.165) is 49.0 Å². The second-order valence-corrected chi connectivity index (χ2v) is 8.00. The van der Waals surface area contributed by atoms with Crippen molar-refractivity contribution in [2.75, 3.05) is 50.7 Å². The number of amides is 2. The average Bonchev–Trinajstić information content (AvgIpc) is 2.82. The van der Waals surface area contributed by atoms with Crippen LogP contribution in [0.3, 0.4) is 0 Å². The summed E-state index contributed by atoms with van der Waals surface area (Å²) in [4.78, 5) is 29.5. The van der Waals surface area contributed by atoms with Crippen LogP contribution >= 0.6 is 0 Å². The van der Waals surface area contributed by atoms with Crippen molar-refractivity contribution < 1.29 is 19.1 Å². The van der Waals surface area contributed by atoms with Gasteiger partial charge in [0.2, 0.25) is 11.8 Å². The van der Waals surface area contributed by atoms with Gasteiger partial charge < -0.3 is 24.6 Å². The first-order valence-corrected chi connectivity index (χ1v) is 10.7. The second-order valence-electron chi connectivity index (χ2n) is 8.00. The zero-order valence-corrected chi connectivity index (χ0v) is 18.0. The lowest BCUT2D eigenvalue weighted by atomic mass is 9.84. The number of benzene rings is 2. The fraction of sp³-hybridized carbons (Fsp3) is 0.417. The Morgan fingerprint density at radius 2 is 1.74 bits per heavy atom. The maximum absolute atomic E-state index is 13.2. The zero-order chi connectivity index (χ0) is 21.8. The Kier molecular flexibility index (Phi) is 6.42. The highest BCUT2D eigenvalue weighted by atomic mass is 16.5. The molecule has 0 spiro atoms. The smallest absolute Gasteiger partial charge is 0.229 e. The van der Waals surface area contributed by atoms with Crippen LogP contribution < -0.4 is 15.0 Å². The molecule has 7 nitrogen and oxygen atoms in total. The molecule has 4 rings (SSSR count). The summed E-state index contributed by atoms with van der Waals surface area (Å²) >= 11 is 0. The molecule has 0 unspecified atom stereocenters. The minimum absolute atomic E-state index is 0.0553. The van der Waals surface area contributed by atoms with Gasteiger partial charge in [0.1, 0.15) is 5.75 Å². The number of nitrogens with one attached hydrogen (secondary N) is 1. The van der Waals surface area contributed by atoms with Gasteiger partial charge in [-0.05, 0) is 48.4 Å². The summed E-state index contributed by atoms with van der Waals surface area (Å²) in [5, 5.41) is 3.05. The molecule has 0 aromatic heterocycles. The molecule has 2 amide bonds. The van der Waals surface area contributed by atoms with Crippen LogP contribution in [0, 0.1) is 5.92 Å². The SMILES string of the molecule is COc1ccc([C@H]2[C@H](C(=O)Nc3ccc(N4CCOCC4)cc3)CCC(=O)N2C)cc1. The van der Waals surface area contributed by atoms with Crippen molar-refractivity contribution in [2.45, 2.75) is 18.9 Å². The van der Waals surface area contributed by atoms with E-state index in [1.807, 2.05) is 48.5 Å². The molecule has 0 bridgehead atoms. The first-order valence-electron chi connectivity index (χ1n) is 10.7. The van der Waals surface area contributed by atoms with Crippen LogP contribution in [0.1, 0.15) is 24.4 Å². The van der Waals surface area contributed by atoms with Gasteiger partial charge in [-0.3, -0.25) is 9.59 Å². The number of morpholine rings is 1. The number of hydrogen-bond donors (Lipinski definition) is 1. The number of ether oxygens (including phenoxy) is 2. The number of hydrogen-bond acceptors (Lipinski definition) is 5. The van der Waals surface area contributed by atoms with Crippen molar-refractivity contribution in [3.05, 3.63) is 54.1 Å². The highest BCUT2D eigenvalue weighted by Crippen LogP contribution is 2.37. The maximum Gasteiger partial charge on any atom is 0.229 e. The van der Waals surface area contributed by atoms with Crippen LogP contribution in [-0.2, 0) is 14.3 Å². The van der Waals surface area contributed by atoms with E-state index in [9.17, 15) is 9.59 Å². The summed E-state index contributed by atoms with van der Waals surface area (Å²) in [7, 11) is 3.39. The van der Waals surface area contributed by atoms with E-state index in [1.165, 1.54) is 0 Å². The number of carbonyl (C=O) groups is 2. The first-order chi connectivity index (χ1) is 15.1. The van der Waals surface area contributed by atoms with Crippen LogP contribution in [0.2, 0.25) is 0 Å². The second kappa shape index (κ2) is 9.39. The normalized spacial score (nSPS) is 21.7. The van der Waals surface area contributed by atoms with Crippen molar-refractivity contribution in [3.63, 3.8) is 0 Å². The third-order valence-corrected chi connectivity index (χ3v) is 6.17. The molecule has 2 aliphatic heterocycles. The topological polar surface area (TPSA) is 71.1 Å². The molecule has 2 aromatic rings. The van der Waals surface area contributed by atoms with Crippen LogP contribution in [0.5, 0.6) is 5.75 Å². The Bertz CT molecular complexity index is 907. The molecule has 2 aromatic carbocycles. The minimum atomic E-state index is -0.324. The maximum atomic E-state index is 13.2. The predicted octanol–water partition coefficient (Wildman–Crippen LogP) is 3.08. The lowest BCUT2D eigenvalue weighted by Gasteiger charge is -2.38. The zero-order valence-electron chi connectivity index (χ0n) is 18.0. The molecule has 2 heterocycles. The number of anilines is 2. The molecule has 0 radical (unpaired) electrons. The van der Waals surface area contributed by atoms with Gasteiger partial charge in [-0.15, -0.1) is 0 Å². The van der Waals surface area contributed by atoms with Crippen LogP contribution in [0.15, 0.2) is 48.5 Å². The van der Waals surface area contributed by atoms with Gasteiger partial charge >= 0.3 is 0 Å². The van der Waals surface area contributed by atoms with Gasteiger partial charge in [-0.1, -0.05) is 12.1 Å². The summed E-state index contributed by atoms with van der Waals surface area (Å²) < 4.78 is 10.6. The molecular weight excluding hydrogens is 394 g/mol. The van der Waals surface area contributed by atoms with E-state index >= 15 is 0 Å². The Balaban J connectivity index is 1.49. The molecule has 2 atom stereocenters. The van der Waals surface area contributed by atoms with Crippen LogP contribution in [-0.4, -0.2) is 57.2 Å². The fourth-order valence-electron chi connectivity index (χ4n) is 4.38. The Morgan fingerprint density at radius 1 is 1.06 bits per heavy atom. The van der Waals surface area contributed by atoms with E-state index in [0.29, 0.717) is 12.8 Å². The molecule has 0 aliphatic carbocycles. The van der Waals surface area contributed by atoms with E-state index in [2.05, 4.69) is 10.2 Å². The van der Waals surface area contributed by atoms with Gasteiger partial charge in [0.05, 0.1) is 32.3 Å². The summed E-state index contributed by atoms with van der Waals surface area (Å²) in [6, 6.07) is 15.2. The molecule has 7 heteroatoms. The number of methoxy groups -OCH3 is 1. The predicted molar refractivity (Wildman–Crippen MR) is 119 cm³/mol. The molecule has 2 fully saturated rings. The molecule has 1 N–H and O–H groups in total. The van der Waals surface area contributed by atoms with Crippen LogP contribution in [0.4, 0.5) is 11.4 Å². The summed E-state index contributed by atoms with van der Waals surface area (Å²) in [5.74, 6) is 0.406. The van der Waals surface area contributed by atoms with Gasteiger partial charge in [0.25, 0.3) is 0 Å². The summed E-state index contributed by atoms with van der Waals surface area (Å²) in [6.45, 7) is 3.22. The Morgan fingerprint density at radius 3 is 2.39 bits per heavy atom. The Hall–Kier alpha value is -3.06. The summed E-state index contributed by atoms with van der Waals surface area (Å²) in [5.41, 5.74) is 2.81. The number of nitrogens with zero attached hydrogens (tertiary/aromatic N) is 2. The van der Waals surface area contributed by atoms with Crippen molar-refractivity contribution >= 4 is 23.2 Å². The quantitative estimate of drug-likeness (QED) is 0.800. The van der Waals surface area contributed by atoms with Gasteiger partial charge in [-0.2, -0.15) is 0 Å². The molecule has 2 saturated heterocycles. The average molecular weight is 424 g/mol. The minimum Gasteiger partial charge on any atom is -0.497 e. The lowest BCUT2D eigenvalue weighted by molar-refractivity contribution is -0.140. The monoisotopic (exact) mass is 423 g/mol. The number of piperidine rings is 1. The van der Waals surface area contributed by atoms with E-state index in [4.69, 9.17) is 9.47 Å².